The van der Waals surface area contributed by atoms with E-state index >= 15 is 0 Å². The molecule has 0 saturated carbocycles. The van der Waals surface area contributed by atoms with Crippen LogP contribution in [0, 0.1) is 0 Å². The zero-order valence-electron chi connectivity index (χ0n) is 14.5. The van der Waals surface area contributed by atoms with Gasteiger partial charge in [0.05, 0.1) is 5.69 Å². The zero-order chi connectivity index (χ0) is 17.2. The molecule has 1 aromatic heterocycles. The zero-order valence-corrected chi connectivity index (χ0v) is 14.5. The number of carbonyl (C=O) groups excluding carboxylic acids is 1. The topological polar surface area (TPSA) is 48.1 Å². The van der Waals surface area contributed by atoms with E-state index in [0.717, 1.165) is 28.9 Å². The summed E-state index contributed by atoms with van der Waals surface area (Å²) in [5, 5.41) is 4.88. The molecule has 2 aliphatic rings. The fourth-order valence-electron chi connectivity index (χ4n) is 4.68. The SMILES string of the molecule is CCN1C(=O)[C@]2(N[C@@H](C)Cc3c2[nH]c2ccccc32)c2ccccc21. The highest BCUT2D eigenvalue weighted by molar-refractivity contribution is 6.11. The molecular weight excluding hydrogens is 310 g/mol. The van der Waals surface area contributed by atoms with E-state index < -0.39 is 5.54 Å². The van der Waals surface area contributed by atoms with Crippen LogP contribution in [0.1, 0.15) is 30.7 Å². The number of benzene rings is 2. The Labute approximate surface area is 146 Å². The van der Waals surface area contributed by atoms with Gasteiger partial charge in [-0.3, -0.25) is 10.1 Å². The predicted octanol–water partition coefficient (Wildman–Crippen LogP) is 3.31. The summed E-state index contributed by atoms with van der Waals surface area (Å²) in [5.41, 5.74) is 4.65. The van der Waals surface area contributed by atoms with Crippen LogP contribution in [0.2, 0.25) is 0 Å². The molecule has 3 heterocycles. The first-order valence-electron chi connectivity index (χ1n) is 8.96. The number of anilines is 1. The molecule has 4 heteroatoms. The standard InChI is InChI=1S/C21H21N3O/c1-3-24-18-11-7-5-9-16(18)21(20(24)25)19-15(12-13(2)23-21)14-8-4-6-10-17(14)22-19/h4-11,13,22-23H,3,12H2,1-2H3/t13-,21-/m0/s1. The van der Waals surface area contributed by atoms with Gasteiger partial charge >= 0.3 is 0 Å². The van der Waals surface area contributed by atoms with Crippen LogP contribution in [-0.4, -0.2) is 23.5 Å². The second kappa shape index (κ2) is 4.96. The number of H-pyrrole nitrogens is 1. The van der Waals surface area contributed by atoms with Crippen molar-refractivity contribution in [2.24, 2.45) is 0 Å². The Morgan fingerprint density at radius 1 is 1.16 bits per heavy atom. The molecule has 5 rings (SSSR count). The summed E-state index contributed by atoms with van der Waals surface area (Å²) in [4.78, 5) is 19.1. The number of rotatable bonds is 1. The molecule has 25 heavy (non-hydrogen) atoms. The van der Waals surface area contributed by atoms with Crippen LogP contribution in [0.15, 0.2) is 48.5 Å². The van der Waals surface area contributed by atoms with Gasteiger partial charge in [-0.25, -0.2) is 0 Å². The average molecular weight is 331 g/mol. The molecule has 0 bridgehead atoms. The van der Waals surface area contributed by atoms with E-state index in [9.17, 15) is 4.79 Å². The summed E-state index contributed by atoms with van der Waals surface area (Å²) in [6.45, 7) is 4.87. The van der Waals surface area contributed by atoms with E-state index in [1.807, 2.05) is 30.0 Å². The minimum atomic E-state index is -0.807. The molecule has 0 aliphatic carbocycles. The largest absolute Gasteiger partial charge is 0.356 e. The number of carbonyl (C=O) groups is 1. The summed E-state index contributed by atoms with van der Waals surface area (Å²) in [6, 6.07) is 16.7. The number of para-hydroxylation sites is 2. The van der Waals surface area contributed by atoms with Gasteiger partial charge in [0.15, 0.2) is 5.54 Å². The monoisotopic (exact) mass is 331 g/mol. The molecule has 126 valence electrons. The smallest absolute Gasteiger partial charge is 0.258 e. The molecule has 2 aromatic carbocycles. The quantitative estimate of drug-likeness (QED) is 0.719. The molecule has 4 nitrogen and oxygen atoms in total. The molecule has 3 aromatic rings. The fourth-order valence-corrected chi connectivity index (χ4v) is 4.68. The Morgan fingerprint density at radius 2 is 1.92 bits per heavy atom. The fraction of sp³-hybridized carbons (Fsp3) is 0.286. The Morgan fingerprint density at radius 3 is 2.76 bits per heavy atom. The number of nitrogens with zero attached hydrogens (tertiary/aromatic N) is 1. The van der Waals surface area contributed by atoms with Crippen LogP contribution in [0.4, 0.5) is 5.69 Å². The van der Waals surface area contributed by atoms with Crippen molar-refractivity contribution in [2.45, 2.75) is 31.8 Å². The van der Waals surface area contributed by atoms with E-state index in [1.165, 1.54) is 10.9 Å². The first kappa shape index (κ1) is 14.7. The second-order valence-corrected chi connectivity index (χ2v) is 7.09. The Kier molecular flexibility index (Phi) is 2.92. The van der Waals surface area contributed by atoms with E-state index in [2.05, 4.69) is 47.6 Å². The minimum Gasteiger partial charge on any atom is -0.356 e. The first-order chi connectivity index (χ1) is 12.2. The number of nitrogens with one attached hydrogen (secondary N) is 2. The molecule has 0 saturated heterocycles. The highest BCUT2D eigenvalue weighted by Crippen LogP contribution is 2.48. The maximum absolute atomic E-state index is 13.6. The van der Waals surface area contributed by atoms with Crippen molar-refractivity contribution in [1.29, 1.82) is 0 Å². The summed E-state index contributed by atoms with van der Waals surface area (Å²) in [7, 11) is 0. The molecule has 0 fully saturated rings. The summed E-state index contributed by atoms with van der Waals surface area (Å²) in [5.74, 6) is 0.121. The third kappa shape index (κ3) is 1.72. The Hall–Kier alpha value is -2.59. The van der Waals surface area contributed by atoms with E-state index in [4.69, 9.17) is 0 Å². The van der Waals surface area contributed by atoms with E-state index in [1.54, 1.807) is 0 Å². The van der Waals surface area contributed by atoms with Crippen molar-refractivity contribution in [3.05, 3.63) is 65.4 Å². The molecule has 0 radical (unpaired) electrons. The lowest BCUT2D eigenvalue weighted by atomic mass is 9.80. The molecule has 0 unspecified atom stereocenters. The molecule has 2 N–H and O–H groups in total. The lowest BCUT2D eigenvalue weighted by Crippen LogP contribution is -2.58. The third-order valence-corrected chi connectivity index (χ3v) is 5.64. The van der Waals surface area contributed by atoms with Crippen LogP contribution in [0.3, 0.4) is 0 Å². The Balaban J connectivity index is 1.87. The van der Waals surface area contributed by atoms with Gasteiger partial charge in [0.2, 0.25) is 0 Å². The number of fused-ring (bicyclic) bond motifs is 6. The van der Waals surface area contributed by atoms with Gasteiger partial charge in [-0.15, -0.1) is 0 Å². The van der Waals surface area contributed by atoms with Gasteiger partial charge in [0.1, 0.15) is 0 Å². The summed E-state index contributed by atoms with van der Waals surface area (Å²) in [6.07, 6.45) is 0.919. The van der Waals surface area contributed by atoms with Crippen LogP contribution < -0.4 is 10.2 Å². The van der Waals surface area contributed by atoms with Gasteiger partial charge < -0.3 is 9.88 Å². The molecule has 2 aliphatic heterocycles. The number of hydrogen-bond acceptors (Lipinski definition) is 2. The van der Waals surface area contributed by atoms with Gasteiger partial charge in [-0.1, -0.05) is 36.4 Å². The number of amides is 1. The second-order valence-electron chi connectivity index (χ2n) is 7.09. The van der Waals surface area contributed by atoms with Crippen LogP contribution >= 0.6 is 0 Å². The molecule has 2 atom stereocenters. The van der Waals surface area contributed by atoms with Crippen LogP contribution in [0.25, 0.3) is 10.9 Å². The number of likely N-dealkylation sites (N-methyl/N-ethyl adjacent to an activating group) is 1. The summed E-state index contributed by atoms with van der Waals surface area (Å²) >= 11 is 0. The van der Waals surface area contributed by atoms with Crippen LogP contribution in [0.5, 0.6) is 0 Å². The first-order valence-corrected chi connectivity index (χ1v) is 8.96. The molecule has 1 amide bonds. The number of aromatic nitrogens is 1. The molecule has 1 spiro atoms. The number of aromatic amines is 1. The van der Waals surface area contributed by atoms with Gasteiger partial charge in [0.25, 0.3) is 5.91 Å². The minimum absolute atomic E-state index is 0.121. The van der Waals surface area contributed by atoms with Crippen molar-refractivity contribution < 1.29 is 4.79 Å². The Bertz CT molecular complexity index is 1010. The van der Waals surface area contributed by atoms with Crippen molar-refractivity contribution in [2.75, 3.05) is 11.4 Å². The van der Waals surface area contributed by atoms with Crippen molar-refractivity contribution >= 4 is 22.5 Å². The lowest BCUT2D eigenvalue weighted by Gasteiger charge is -2.37. The highest BCUT2D eigenvalue weighted by Gasteiger charge is 2.55. The summed E-state index contributed by atoms with van der Waals surface area (Å²) < 4.78 is 0. The van der Waals surface area contributed by atoms with E-state index in [-0.39, 0.29) is 11.9 Å². The highest BCUT2D eigenvalue weighted by atomic mass is 16.2. The van der Waals surface area contributed by atoms with Crippen molar-refractivity contribution in [1.82, 2.24) is 10.3 Å². The lowest BCUT2D eigenvalue weighted by molar-refractivity contribution is -0.123. The van der Waals surface area contributed by atoms with Gasteiger partial charge in [0, 0.05) is 34.7 Å². The number of hydrogen-bond donors (Lipinski definition) is 2. The van der Waals surface area contributed by atoms with E-state index in [0.29, 0.717) is 6.54 Å². The van der Waals surface area contributed by atoms with Crippen molar-refractivity contribution in [3.63, 3.8) is 0 Å². The van der Waals surface area contributed by atoms with Crippen LogP contribution in [-0.2, 0) is 16.8 Å². The maximum atomic E-state index is 13.6. The maximum Gasteiger partial charge on any atom is 0.258 e. The predicted molar refractivity (Wildman–Crippen MR) is 99.8 cm³/mol. The average Bonchev–Trinajstić information content (AvgIpc) is 3.11. The van der Waals surface area contributed by atoms with Crippen molar-refractivity contribution in [3.8, 4) is 0 Å². The molecular formula is C21H21N3O. The van der Waals surface area contributed by atoms with Gasteiger partial charge in [-0.05, 0) is 38.0 Å². The van der Waals surface area contributed by atoms with Gasteiger partial charge in [-0.2, -0.15) is 0 Å². The normalized spacial score (nSPS) is 24.8. The third-order valence-electron chi connectivity index (χ3n) is 5.64.